The zero-order valence-corrected chi connectivity index (χ0v) is 25.5. The molecule has 3 atom stereocenters. The molecule has 9 nitrogen and oxygen atoms in total. The Morgan fingerprint density at radius 1 is 0.750 bits per heavy atom. The third-order valence-corrected chi connectivity index (χ3v) is 9.17. The number of piperidine rings is 1. The molecule has 3 aliphatic rings. The van der Waals surface area contributed by atoms with Crippen molar-refractivity contribution in [3.8, 4) is 0 Å². The number of rotatable bonds is 11. The molecule has 3 fully saturated rings. The number of hydrogen-bond donors (Lipinski definition) is 3. The van der Waals surface area contributed by atoms with Gasteiger partial charge in [-0.1, -0.05) is 52.4 Å². The van der Waals surface area contributed by atoms with E-state index < -0.39 is 18.1 Å². The third-order valence-electron chi connectivity index (χ3n) is 9.17. The summed E-state index contributed by atoms with van der Waals surface area (Å²) in [5, 5.41) is 9.15. The second-order valence-corrected chi connectivity index (χ2v) is 12.7. The molecular formula is C31H55N5O4. The van der Waals surface area contributed by atoms with E-state index in [1.54, 1.807) is 11.9 Å². The topological polar surface area (TPSA) is 111 Å². The van der Waals surface area contributed by atoms with Crippen LogP contribution in [0.25, 0.3) is 0 Å². The van der Waals surface area contributed by atoms with Crippen LogP contribution in [0, 0.1) is 17.8 Å². The highest BCUT2D eigenvalue weighted by molar-refractivity contribution is 5.94. The van der Waals surface area contributed by atoms with Gasteiger partial charge in [0.2, 0.25) is 17.7 Å². The van der Waals surface area contributed by atoms with Crippen LogP contribution in [0.2, 0.25) is 0 Å². The molecule has 2 saturated carbocycles. The fourth-order valence-electron chi connectivity index (χ4n) is 6.83. The van der Waals surface area contributed by atoms with Gasteiger partial charge in [-0.3, -0.25) is 14.4 Å². The summed E-state index contributed by atoms with van der Waals surface area (Å²) >= 11 is 0. The van der Waals surface area contributed by atoms with Crippen LogP contribution in [0.5, 0.6) is 0 Å². The van der Waals surface area contributed by atoms with E-state index in [0.29, 0.717) is 13.0 Å². The zero-order chi connectivity index (χ0) is 29.1. The van der Waals surface area contributed by atoms with Crippen LogP contribution in [-0.4, -0.2) is 78.4 Å². The Morgan fingerprint density at radius 2 is 1.27 bits per heavy atom. The summed E-state index contributed by atoms with van der Waals surface area (Å²) in [7, 11) is 1.70. The molecule has 0 unspecified atom stereocenters. The van der Waals surface area contributed by atoms with Crippen molar-refractivity contribution in [2.24, 2.45) is 17.8 Å². The highest BCUT2D eigenvalue weighted by atomic mass is 16.2. The van der Waals surface area contributed by atoms with Crippen molar-refractivity contribution in [1.29, 1.82) is 0 Å². The monoisotopic (exact) mass is 561 g/mol. The van der Waals surface area contributed by atoms with E-state index >= 15 is 0 Å². The zero-order valence-electron chi connectivity index (χ0n) is 25.5. The summed E-state index contributed by atoms with van der Waals surface area (Å²) in [5.41, 5.74) is 0. The summed E-state index contributed by atoms with van der Waals surface area (Å²) in [4.78, 5) is 57.7. The van der Waals surface area contributed by atoms with E-state index in [0.717, 1.165) is 96.6 Å². The number of nitrogens with zero attached hydrogens (tertiary/aromatic N) is 2. The Morgan fingerprint density at radius 3 is 1.80 bits per heavy atom. The predicted octanol–water partition coefficient (Wildman–Crippen LogP) is 4.21. The van der Waals surface area contributed by atoms with Gasteiger partial charge in [-0.15, -0.1) is 0 Å². The van der Waals surface area contributed by atoms with Crippen molar-refractivity contribution < 1.29 is 19.2 Å². The van der Waals surface area contributed by atoms with Crippen LogP contribution in [0.3, 0.4) is 0 Å². The van der Waals surface area contributed by atoms with Crippen molar-refractivity contribution in [2.75, 3.05) is 26.7 Å². The van der Waals surface area contributed by atoms with Crippen LogP contribution in [0.15, 0.2) is 0 Å². The summed E-state index contributed by atoms with van der Waals surface area (Å²) in [6.07, 6.45) is 13.6. The van der Waals surface area contributed by atoms with Gasteiger partial charge < -0.3 is 25.8 Å². The van der Waals surface area contributed by atoms with E-state index in [1.807, 2.05) is 25.7 Å². The Bertz CT molecular complexity index is 832. The first-order valence-corrected chi connectivity index (χ1v) is 16.1. The number of likely N-dealkylation sites (tertiary alicyclic amines) is 1. The first-order valence-electron chi connectivity index (χ1n) is 16.1. The fourth-order valence-corrected chi connectivity index (χ4v) is 6.83. The smallest absolute Gasteiger partial charge is 0.318 e. The number of likely N-dealkylation sites (N-methyl/N-ethyl adjacent to an activating group) is 2. The number of carbonyl (C=O) groups is 4. The molecule has 3 N–H and O–H groups in total. The molecule has 0 aromatic carbocycles. The normalized spacial score (nSPS) is 21.3. The lowest BCUT2D eigenvalue weighted by Gasteiger charge is -2.38. The lowest BCUT2D eigenvalue weighted by molar-refractivity contribution is -0.144. The molecule has 2 aliphatic carbocycles. The van der Waals surface area contributed by atoms with Gasteiger partial charge in [-0.2, -0.15) is 0 Å². The van der Waals surface area contributed by atoms with Crippen molar-refractivity contribution >= 4 is 23.8 Å². The Hall–Kier alpha value is -2.32. The van der Waals surface area contributed by atoms with Gasteiger partial charge in [0.05, 0.1) is 0 Å². The minimum Gasteiger partial charge on any atom is -0.355 e. The lowest BCUT2D eigenvalue weighted by atomic mass is 9.81. The van der Waals surface area contributed by atoms with Crippen molar-refractivity contribution in [1.82, 2.24) is 25.8 Å². The van der Waals surface area contributed by atoms with Crippen LogP contribution >= 0.6 is 0 Å². The molecule has 1 heterocycles. The lowest BCUT2D eigenvalue weighted by Crippen LogP contribution is -2.61. The first kappa shape index (κ1) is 32.2. The Balaban J connectivity index is 1.82. The van der Waals surface area contributed by atoms with Gasteiger partial charge in [0, 0.05) is 26.7 Å². The number of carbonyl (C=O) groups excluding carboxylic acids is 4. The molecule has 0 bridgehead atoms. The van der Waals surface area contributed by atoms with Crippen LogP contribution < -0.4 is 16.0 Å². The number of hydrogen-bond acceptors (Lipinski definition) is 4. The quantitative estimate of drug-likeness (QED) is 0.351. The largest absolute Gasteiger partial charge is 0.355 e. The first-order chi connectivity index (χ1) is 19.2. The Labute approximate surface area is 241 Å². The van der Waals surface area contributed by atoms with Crippen molar-refractivity contribution in [2.45, 2.75) is 129 Å². The fraction of sp³-hybridized carbons (Fsp3) is 0.871. The maximum atomic E-state index is 14.1. The molecule has 0 spiro atoms. The summed E-state index contributed by atoms with van der Waals surface area (Å²) < 4.78 is 0. The minimum absolute atomic E-state index is 0.0198. The van der Waals surface area contributed by atoms with Gasteiger partial charge in [0.1, 0.15) is 18.1 Å². The van der Waals surface area contributed by atoms with Gasteiger partial charge in [0.15, 0.2) is 0 Å². The van der Waals surface area contributed by atoms with Gasteiger partial charge in [0.25, 0.3) is 0 Å². The summed E-state index contributed by atoms with van der Waals surface area (Å²) in [5.74, 6) is -0.312. The van der Waals surface area contributed by atoms with Crippen LogP contribution in [0.1, 0.15) is 111 Å². The molecular weight excluding hydrogens is 506 g/mol. The maximum absolute atomic E-state index is 14.1. The number of amides is 5. The molecule has 40 heavy (non-hydrogen) atoms. The van der Waals surface area contributed by atoms with Crippen molar-refractivity contribution in [3.05, 3.63) is 0 Å². The molecule has 0 aromatic heterocycles. The highest BCUT2D eigenvalue weighted by Gasteiger charge is 2.40. The van der Waals surface area contributed by atoms with Crippen LogP contribution in [-0.2, 0) is 14.4 Å². The molecule has 1 aliphatic heterocycles. The summed E-state index contributed by atoms with van der Waals surface area (Å²) in [6.45, 7) is 7.90. The molecule has 0 radical (unpaired) electrons. The molecule has 3 rings (SSSR count). The maximum Gasteiger partial charge on any atom is 0.318 e. The van der Waals surface area contributed by atoms with E-state index in [9.17, 15) is 19.2 Å². The SMILES string of the molecule is CCNC(=O)[C@@H](CC(C)C)N(C)C(=O)[C@H](NC(=O)[C@H](NC(=O)N1CCCCC1)C1CCCCC1)C1CCCCC1. The molecule has 1 saturated heterocycles. The molecule has 5 amide bonds. The second-order valence-electron chi connectivity index (χ2n) is 12.7. The number of nitrogens with one attached hydrogen (secondary N) is 3. The van der Waals surface area contributed by atoms with E-state index in [1.165, 1.54) is 0 Å². The Kier molecular flexibility index (Phi) is 13.0. The minimum atomic E-state index is -0.708. The molecule has 9 heteroatoms. The molecule has 0 aromatic rings. The average Bonchev–Trinajstić information content (AvgIpc) is 2.97. The van der Waals surface area contributed by atoms with Gasteiger partial charge >= 0.3 is 6.03 Å². The third kappa shape index (κ3) is 9.10. The average molecular weight is 562 g/mol. The number of urea groups is 1. The van der Waals surface area contributed by atoms with Gasteiger partial charge in [-0.05, 0) is 76.0 Å². The summed E-state index contributed by atoms with van der Waals surface area (Å²) in [6, 6.07) is -2.13. The van der Waals surface area contributed by atoms with Crippen molar-refractivity contribution in [3.63, 3.8) is 0 Å². The predicted molar refractivity (Wildman–Crippen MR) is 158 cm³/mol. The van der Waals surface area contributed by atoms with E-state index in [2.05, 4.69) is 16.0 Å². The van der Waals surface area contributed by atoms with Crippen LogP contribution in [0.4, 0.5) is 4.79 Å². The second kappa shape index (κ2) is 16.2. The standard InChI is InChI=1S/C31H55N5O4/c1-5-32-28(37)25(21-22(2)3)35(4)30(39)27(24-17-11-7-12-18-24)33-29(38)26(23-15-9-6-10-16-23)34-31(40)36-19-13-8-14-20-36/h22-27H,5-21H2,1-4H3,(H,32,37)(H,33,38)(H,34,40)/t25-,26-,27-/m1/s1. The highest BCUT2D eigenvalue weighted by Crippen LogP contribution is 2.30. The van der Waals surface area contributed by atoms with E-state index in [-0.39, 0.29) is 41.5 Å². The molecule has 228 valence electrons. The van der Waals surface area contributed by atoms with Gasteiger partial charge in [-0.25, -0.2) is 4.79 Å². The van der Waals surface area contributed by atoms with E-state index in [4.69, 9.17) is 0 Å².